The first-order chi connectivity index (χ1) is 5.24. The van der Waals surface area contributed by atoms with Crippen LogP contribution in [-0.2, 0) is 0 Å². The Morgan fingerprint density at radius 3 is 2.18 bits per heavy atom. The van der Waals surface area contributed by atoms with Gasteiger partial charge in [-0.15, -0.1) is 0 Å². The van der Waals surface area contributed by atoms with E-state index in [9.17, 15) is 0 Å². The van der Waals surface area contributed by atoms with Gasteiger partial charge < -0.3 is 0 Å². The molecule has 0 radical (unpaired) electrons. The minimum Gasteiger partial charge on any atom is -0.0651 e. The fraction of sp³-hybridized carbons (Fsp3) is 1.00. The molecule has 0 bridgehead atoms. The summed E-state index contributed by atoms with van der Waals surface area (Å²) in [6.45, 7) is 7.27. The Kier molecular flexibility index (Phi) is 1.74. The van der Waals surface area contributed by atoms with Gasteiger partial charge >= 0.3 is 0 Å². The molecule has 0 aromatic heterocycles. The summed E-state index contributed by atoms with van der Waals surface area (Å²) in [4.78, 5) is 0. The average Bonchev–Trinajstić information content (AvgIpc) is 2.22. The molecule has 2 aliphatic rings. The third kappa shape index (κ3) is 0.947. The van der Waals surface area contributed by atoms with Gasteiger partial charge in [0.25, 0.3) is 0 Å². The van der Waals surface area contributed by atoms with Crippen molar-refractivity contribution in [3.8, 4) is 0 Å². The quantitative estimate of drug-likeness (QED) is 0.540. The topological polar surface area (TPSA) is 0 Å². The Morgan fingerprint density at radius 1 is 1.09 bits per heavy atom. The predicted octanol–water partition coefficient (Wildman–Crippen LogP) is 3.32. The highest BCUT2D eigenvalue weighted by atomic mass is 14.5. The van der Waals surface area contributed by atoms with Gasteiger partial charge in [-0.25, -0.2) is 0 Å². The van der Waals surface area contributed by atoms with Crippen molar-refractivity contribution in [2.75, 3.05) is 0 Å². The summed E-state index contributed by atoms with van der Waals surface area (Å²) < 4.78 is 0. The van der Waals surface area contributed by atoms with Gasteiger partial charge in [0, 0.05) is 0 Å². The zero-order valence-corrected chi connectivity index (χ0v) is 8.01. The van der Waals surface area contributed by atoms with Crippen molar-refractivity contribution in [2.24, 2.45) is 29.6 Å². The molecule has 0 heteroatoms. The fourth-order valence-electron chi connectivity index (χ4n) is 3.79. The van der Waals surface area contributed by atoms with Crippen LogP contribution in [0.4, 0.5) is 0 Å². The van der Waals surface area contributed by atoms with Crippen LogP contribution in [0.5, 0.6) is 0 Å². The van der Waals surface area contributed by atoms with Crippen LogP contribution in [0.15, 0.2) is 0 Å². The molecule has 0 saturated heterocycles. The molecule has 0 aliphatic heterocycles. The highest BCUT2D eigenvalue weighted by molar-refractivity contribution is 4.98. The number of fused-ring (bicyclic) bond motifs is 1. The lowest BCUT2D eigenvalue weighted by atomic mass is 9.64. The first-order valence-corrected chi connectivity index (χ1v) is 5.24. The van der Waals surface area contributed by atoms with Gasteiger partial charge in [-0.2, -0.15) is 0 Å². The van der Waals surface area contributed by atoms with Gasteiger partial charge in [-0.05, 0) is 42.4 Å². The Balaban J connectivity index is 2.07. The van der Waals surface area contributed by atoms with Crippen LogP contribution in [0, 0.1) is 29.6 Å². The maximum absolute atomic E-state index is 2.46. The molecule has 2 aliphatic carbocycles. The lowest BCUT2D eigenvalue weighted by Gasteiger charge is -2.41. The van der Waals surface area contributed by atoms with Gasteiger partial charge in [-0.1, -0.05) is 27.2 Å². The van der Waals surface area contributed by atoms with Crippen LogP contribution in [0.3, 0.4) is 0 Å². The van der Waals surface area contributed by atoms with Crippen molar-refractivity contribution in [3.05, 3.63) is 0 Å². The summed E-state index contributed by atoms with van der Waals surface area (Å²) in [6, 6.07) is 0. The van der Waals surface area contributed by atoms with Gasteiger partial charge in [-0.3, -0.25) is 0 Å². The molecule has 2 fully saturated rings. The predicted molar refractivity (Wildman–Crippen MR) is 48.3 cm³/mol. The largest absolute Gasteiger partial charge is 0.0651 e. The van der Waals surface area contributed by atoms with Crippen LogP contribution in [0.1, 0.15) is 40.0 Å². The van der Waals surface area contributed by atoms with E-state index in [0.717, 1.165) is 29.6 Å². The van der Waals surface area contributed by atoms with E-state index in [-0.39, 0.29) is 0 Å². The van der Waals surface area contributed by atoms with Crippen molar-refractivity contribution in [1.29, 1.82) is 0 Å². The highest BCUT2D eigenvalue weighted by Crippen LogP contribution is 2.57. The molecule has 64 valence electrons. The van der Waals surface area contributed by atoms with Crippen molar-refractivity contribution < 1.29 is 0 Å². The third-order valence-corrected chi connectivity index (χ3v) is 4.25. The van der Waals surface area contributed by atoms with Crippen molar-refractivity contribution in [3.63, 3.8) is 0 Å². The van der Waals surface area contributed by atoms with Crippen molar-refractivity contribution >= 4 is 0 Å². The summed E-state index contributed by atoms with van der Waals surface area (Å²) in [5, 5.41) is 0. The molecule has 0 heterocycles. The Morgan fingerprint density at radius 2 is 1.73 bits per heavy atom. The van der Waals surface area contributed by atoms with E-state index in [1.807, 2.05) is 0 Å². The van der Waals surface area contributed by atoms with Crippen molar-refractivity contribution in [2.45, 2.75) is 40.0 Å². The summed E-state index contributed by atoms with van der Waals surface area (Å²) in [5.41, 5.74) is 0. The van der Waals surface area contributed by atoms with Gasteiger partial charge in [0.15, 0.2) is 0 Å². The lowest BCUT2D eigenvalue weighted by Crippen LogP contribution is -2.34. The van der Waals surface area contributed by atoms with Gasteiger partial charge in [0.05, 0.1) is 0 Å². The first-order valence-electron chi connectivity index (χ1n) is 5.24. The van der Waals surface area contributed by atoms with Crippen LogP contribution < -0.4 is 0 Å². The molecule has 0 aromatic rings. The van der Waals surface area contributed by atoms with Gasteiger partial charge in [0.1, 0.15) is 0 Å². The highest BCUT2D eigenvalue weighted by Gasteiger charge is 2.49. The van der Waals surface area contributed by atoms with E-state index in [4.69, 9.17) is 0 Å². The fourth-order valence-corrected chi connectivity index (χ4v) is 3.79. The summed E-state index contributed by atoms with van der Waals surface area (Å²) >= 11 is 0. The minimum absolute atomic E-state index is 1.03. The lowest BCUT2D eigenvalue weighted by molar-refractivity contribution is 0.0780. The molecule has 0 N–H and O–H groups in total. The number of hydrogen-bond acceptors (Lipinski definition) is 0. The van der Waals surface area contributed by atoms with E-state index >= 15 is 0 Å². The van der Waals surface area contributed by atoms with Crippen LogP contribution in [0.2, 0.25) is 0 Å². The normalized spacial score (nSPS) is 55.4. The standard InChI is InChI=1S/C11H20/c1-4-10-7(2)5-9-6-8(3)11(9)10/h7-11H,4-6H2,1-3H3. The summed E-state index contributed by atoms with van der Waals surface area (Å²) in [6.07, 6.45) is 4.49. The number of hydrogen-bond donors (Lipinski definition) is 0. The van der Waals surface area contributed by atoms with Crippen molar-refractivity contribution in [1.82, 2.24) is 0 Å². The summed E-state index contributed by atoms with van der Waals surface area (Å²) in [5.74, 6) is 5.40. The maximum atomic E-state index is 2.46. The molecular formula is C11H20. The second kappa shape index (κ2) is 2.50. The third-order valence-electron chi connectivity index (χ3n) is 4.25. The van der Waals surface area contributed by atoms with E-state index in [1.54, 1.807) is 0 Å². The second-order valence-electron chi connectivity index (χ2n) is 4.84. The van der Waals surface area contributed by atoms with E-state index < -0.39 is 0 Å². The zero-order chi connectivity index (χ0) is 8.01. The van der Waals surface area contributed by atoms with Gasteiger partial charge in [0.2, 0.25) is 0 Å². The molecule has 2 rings (SSSR count). The second-order valence-corrected chi connectivity index (χ2v) is 4.84. The SMILES string of the molecule is CCC1C(C)CC2CC(C)C21. The Labute approximate surface area is 70.4 Å². The Bertz CT molecular complexity index is 146. The molecule has 0 spiro atoms. The molecule has 2 saturated carbocycles. The molecular weight excluding hydrogens is 132 g/mol. The molecule has 5 atom stereocenters. The monoisotopic (exact) mass is 152 g/mol. The van der Waals surface area contributed by atoms with E-state index in [2.05, 4.69) is 20.8 Å². The van der Waals surface area contributed by atoms with Crippen LogP contribution in [-0.4, -0.2) is 0 Å². The van der Waals surface area contributed by atoms with Crippen LogP contribution in [0.25, 0.3) is 0 Å². The zero-order valence-electron chi connectivity index (χ0n) is 8.01. The molecule has 0 aromatic carbocycles. The smallest absolute Gasteiger partial charge is 0.0329 e. The maximum Gasteiger partial charge on any atom is -0.0329 e. The van der Waals surface area contributed by atoms with E-state index in [1.165, 1.54) is 19.3 Å². The number of rotatable bonds is 1. The molecule has 11 heavy (non-hydrogen) atoms. The molecule has 0 amide bonds. The minimum atomic E-state index is 1.03. The summed E-state index contributed by atoms with van der Waals surface area (Å²) in [7, 11) is 0. The first kappa shape index (κ1) is 7.64. The molecule has 0 nitrogen and oxygen atoms in total. The van der Waals surface area contributed by atoms with E-state index in [0.29, 0.717) is 0 Å². The Hall–Kier alpha value is 0. The molecule has 5 unspecified atom stereocenters. The van der Waals surface area contributed by atoms with Crippen LogP contribution >= 0.6 is 0 Å². The average molecular weight is 152 g/mol.